The third-order valence-electron chi connectivity index (χ3n) is 10.3. The van der Waals surface area contributed by atoms with Crippen LogP contribution in [0.1, 0.15) is 100 Å². The summed E-state index contributed by atoms with van der Waals surface area (Å²) < 4.78 is 13.7. The molecule has 0 saturated heterocycles. The van der Waals surface area contributed by atoms with Crippen LogP contribution in [-0.2, 0) is 11.4 Å². The van der Waals surface area contributed by atoms with Crippen LogP contribution in [0.25, 0.3) is 0 Å². The molecule has 0 atom stereocenters. The SMILES string of the molecule is CC(C)(C)[Si](C)(C)Oc1ccc(C2CCC(NOCc3ccccc3C(=O)c3ccccc3)CC2)c(O[Si](C)(C)C(C)(C)C)c1. The van der Waals surface area contributed by atoms with Crippen molar-refractivity contribution in [1.82, 2.24) is 5.48 Å². The van der Waals surface area contributed by atoms with Gasteiger partial charge in [0, 0.05) is 23.2 Å². The molecule has 0 radical (unpaired) electrons. The highest BCUT2D eigenvalue weighted by Crippen LogP contribution is 2.45. The molecule has 0 amide bonds. The minimum Gasteiger partial charge on any atom is -0.543 e. The van der Waals surface area contributed by atoms with Crippen molar-refractivity contribution >= 4 is 22.4 Å². The van der Waals surface area contributed by atoms with Crippen LogP contribution in [0.5, 0.6) is 11.5 Å². The molecule has 1 aliphatic carbocycles. The normalized spacial score (nSPS) is 18.0. The number of ketones is 1. The van der Waals surface area contributed by atoms with Gasteiger partial charge in [-0.05, 0) is 85.1 Å². The first kappa shape index (κ1) is 35.1. The molecule has 7 heteroatoms. The van der Waals surface area contributed by atoms with Gasteiger partial charge in [0.15, 0.2) is 5.78 Å². The van der Waals surface area contributed by atoms with Crippen LogP contribution in [-0.4, -0.2) is 28.5 Å². The maximum atomic E-state index is 13.1. The maximum Gasteiger partial charge on any atom is 0.250 e. The van der Waals surface area contributed by atoms with Gasteiger partial charge in [-0.1, -0.05) is 102 Å². The number of benzene rings is 3. The predicted molar refractivity (Wildman–Crippen MR) is 191 cm³/mol. The number of hydrogen-bond donors (Lipinski definition) is 1. The van der Waals surface area contributed by atoms with Crippen LogP contribution in [0.15, 0.2) is 72.8 Å². The average molecular weight is 646 g/mol. The second-order valence-electron chi connectivity index (χ2n) is 15.7. The molecule has 1 aliphatic rings. The van der Waals surface area contributed by atoms with Crippen LogP contribution < -0.4 is 14.3 Å². The molecule has 3 aromatic carbocycles. The Labute approximate surface area is 274 Å². The van der Waals surface area contributed by atoms with E-state index in [1.54, 1.807) is 0 Å². The molecule has 0 aliphatic heterocycles. The van der Waals surface area contributed by atoms with Crippen LogP contribution in [0.2, 0.25) is 36.3 Å². The number of hydroxylamine groups is 1. The minimum absolute atomic E-state index is 0.0202. The van der Waals surface area contributed by atoms with Crippen LogP contribution in [0.4, 0.5) is 0 Å². The van der Waals surface area contributed by atoms with Crippen LogP contribution >= 0.6 is 0 Å². The third kappa shape index (κ3) is 8.76. The van der Waals surface area contributed by atoms with E-state index in [0.717, 1.165) is 42.7 Å². The fraction of sp³-hybridized carbons (Fsp3) is 0.500. The number of carbonyl (C=O) groups excluding carboxylic acids is 1. The molecule has 0 aromatic heterocycles. The number of rotatable bonds is 11. The Hall–Kier alpha value is -2.72. The highest BCUT2D eigenvalue weighted by Gasteiger charge is 2.41. The molecular weight excluding hydrogens is 591 g/mol. The summed E-state index contributed by atoms with van der Waals surface area (Å²) >= 11 is 0. The molecule has 4 rings (SSSR count). The highest BCUT2D eigenvalue weighted by atomic mass is 28.4. The number of carbonyl (C=O) groups is 1. The largest absolute Gasteiger partial charge is 0.543 e. The zero-order chi connectivity index (χ0) is 33.0. The fourth-order valence-corrected chi connectivity index (χ4v) is 7.31. The molecule has 1 fully saturated rings. The van der Waals surface area contributed by atoms with Gasteiger partial charge < -0.3 is 8.85 Å². The molecule has 1 N–H and O–H groups in total. The lowest BCUT2D eigenvalue weighted by molar-refractivity contribution is -0.00606. The van der Waals surface area contributed by atoms with E-state index in [-0.39, 0.29) is 21.9 Å². The molecule has 45 heavy (non-hydrogen) atoms. The Balaban J connectivity index is 1.42. The highest BCUT2D eigenvalue weighted by molar-refractivity contribution is 6.75. The molecule has 0 spiro atoms. The van der Waals surface area contributed by atoms with Gasteiger partial charge in [0.2, 0.25) is 16.6 Å². The summed E-state index contributed by atoms with van der Waals surface area (Å²) in [4.78, 5) is 19.1. The quantitative estimate of drug-likeness (QED) is 0.128. The summed E-state index contributed by atoms with van der Waals surface area (Å²) in [6.07, 6.45) is 4.13. The molecule has 0 unspecified atom stereocenters. The molecular formula is C38H55NO4Si2. The minimum atomic E-state index is -2.06. The van der Waals surface area contributed by atoms with Crippen molar-refractivity contribution in [2.24, 2.45) is 0 Å². The first-order valence-corrected chi connectivity index (χ1v) is 22.4. The molecule has 5 nitrogen and oxygen atoms in total. The molecule has 0 bridgehead atoms. The lowest BCUT2D eigenvalue weighted by Gasteiger charge is -2.39. The first-order valence-electron chi connectivity index (χ1n) is 16.6. The summed E-state index contributed by atoms with van der Waals surface area (Å²) in [5.41, 5.74) is 6.88. The van der Waals surface area contributed by atoms with Gasteiger partial charge in [0.25, 0.3) is 0 Å². The topological polar surface area (TPSA) is 56.8 Å². The van der Waals surface area contributed by atoms with E-state index in [2.05, 4.69) is 91.4 Å². The standard InChI is InChI=1S/C38H55NO4Si2/c1-37(2,3)44(7,8)42-32-24-25-33(35(26-32)43-45(9,10)38(4,5)6)28-20-22-31(23-21-28)39-41-27-30-18-14-15-19-34(30)36(40)29-16-12-11-13-17-29/h11-19,24-26,28,31,39H,20-23,27H2,1-10H3. The molecule has 3 aromatic rings. The third-order valence-corrected chi connectivity index (χ3v) is 19.0. The lowest BCUT2D eigenvalue weighted by Crippen LogP contribution is -2.44. The van der Waals surface area contributed by atoms with Gasteiger partial charge in [-0.15, -0.1) is 0 Å². The first-order chi connectivity index (χ1) is 21.0. The summed E-state index contributed by atoms with van der Waals surface area (Å²) in [6, 6.07) is 24.0. The predicted octanol–water partition coefficient (Wildman–Crippen LogP) is 10.4. The van der Waals surface area contributed by atoms with E-state index in [4.69, 9.17) is 13.7 Å². The summed E-state index contributed by atoms with van der Waals surface area (Å²) in [5.74, 6) is 2.37. The Bertz CT molecular complexity index is 1430. The van der Waals surface area contributed by atoms with E-state index in [9.17, 15) is 4.79 Å². The van der Waals surface area contributed by atoms with Crippen molar-refractivity contribution in [3.8, 4) is 11.5 Å². The number of nitrogens with one attached hydrogen (secondary N) is 1. The van der Waals surface area contributed by atoms with Crippen molar-refractivity contribution in [1.29, 1.82) is 0 Å². The monoisotopic (exact) mass is 645 g/mol. The maximum absolute atomic E-state index is 13.1. The molecule has 244 valence electrons. The van der Waals surface area contributed by atoms with Gasteiger partial charge in [-0.3, -0.25) is 9.63 Å². The van der Waals surface area contributed by atoms with Gasteiger partial charge in [-0.25, -0.2) is 0 Å². The second-order valence-corrected chi connectivity index (χ2v) is 25.2. The van der Waals surface area contributed by atoms with Gasteiger partial charge in [0.05, 0.1) is 6.61 Å². The van der Waals surface area contributed by atoms with Crippen molar-refractivity contribution in [3.63, 3.8) is 0 Å². The van der Waals surface area contributed by atoms with Crippen molar-refractivity contribution in [2.45, 2.75) is 122 Å². The fourth-order valence-electron chi connectivity index (χ4n) is 5.25. The smallest absolute Gasteiger partial charge is 0.250 e. The Kier molecular flexibility index (Phi) is 10.9. The Morgan fingerprint density at radius 3 is 1.96 bits per heavy atom. The zero-order valence-electron chi connectivity index (χ0n) is 29.3. The van der Waals surface area contributed by atoms with Gasteiger partial charge in [0.1, 0.15) is 11.5 Å². The van der Waals surface area contributed by atoms with Crippen LogP contribution in [0.3, 0.4) is 0 Å². The summed E-state index contributed by atoms with van der Waals surface area (Å²) in [6.45, 7) is 23.3. The van der Waals surface area contributed by atoms with Crippen LogP contribution in [0, 0.1) is 0 Å². The van der Waals surface area contributed by atoms with Crippen molar-refractivity contribution in [2.75, 3.05) is 0 Å². The van der Waals surface area contributed by atoms with E-state index in [1.807, 2.05) is 54.6 Å². The van der Waals surface area contributed by atoms with E-state index in [1.165, 1.54) is 5.56 Å². The van der Waals surface area contributed by atoms with Crippen molar-refractivity contribution < 1.29 is 18.5 Å². The van der Waals surface area contributed by atoms with Gasteiger partial charge in [-0.2, -0.15) is 5.48 Å². The second kappa shape index (κ2) is 14.0. The molecule has 0 heterocycles. The lowest BCUT2D eigenvalue weighted by atomic mass is 9.81. The van der Waals surface area contributed by atoms with Gasteiger partial charge >= 0.3 is 0 Å². The zero-order valence-corrected chi connectivity index (χ0v) is 31.3. The Morgan fingerprint density at radius 1 is 0.756 bits per heavy atom. The summed E-state index contributed by atoms with van der Waals surface area (Å²) in [5, 5.41) is 0.225. The van der Waals surface area contributed by atoms with E-state index < -0.39 is 16.6 Å². The number of hydrogen-bond acceptors (Lipinski definition) is 5. The molecule has 1 saturated carbocycles. The van der Waals surface area contributed by atoms with Crippen molar-refractivity contribution in [3.05, 3.63) is 95.1 Å². The Morgan fingerprint density at radius 2 is 1.33 bits per heavy atom. The average Bonchev–Trinajstić information content (AvgIpc) is 2.97. The van der Waals surface area contributed by atoms with E-state index >= 15 is 0 Å². The van der Waals surface area contributed by atoms with E-state index in [0.29, 0.717) is 23.7 Å². The summed E-state index contributed by atoms with van der Waals surface area (Å²) in [7, 11) is -4.04.